The van der Waals surface area contributed by atoms with Crippen LogP contribution in [0.4, 0.5) is 0 Å². The van der Waals surface area contributed by atoms with E-state index in [1.54, 1.807) is 6.26 Å². The molecule has 1 saturated carbocycles. The van der Waals surface area contributed by atoms with Gasteiger partial charge in [0.25, 0.3) is 0 Å². The van der Waals surface area contributed by atoms with Crippen molar-refractivity contribution in [2.75, 3.05) is 6.61 Å². The molecule has 1 aliphatic rings. The van der Waals surface area contributed by atoms with Crippen LogP contribution in [0, 0.1) is 5.92 Å². The molecule has 1 aliphatic carbocycles. The van der Waals surface area contributed by atoms with Crippen LogP contribution in [-0.4, -0.2) is 17.8 Å². The first kappa shape index (κ1) is 9.74. The van der Waals surface area contributed by atoms with E-state index < -0.39 is 0 Å². The number of hydrogen-bond donors (Lipinski definition) is 2. The molecule has 3 nitrogen and oxygen atoms in total. The zero-order valence-electron chi connectivity index (χ0n) is 8.44. The minimum absolute atomic E-state index is 0.0550. The molecule has 2 N–H and O–H groups in total. The zero-order chi connectivity index (χ0) is 9.97. The van der Waals surface area contributed by atoms with Crippen molar-refractivity contribution in [2.45, 2.75) is 31.8 Å². The molecule has 14 heavy (non-hydrogen) atoms. The van der Waals surface area contributed by atoms with Crippen LogP contribution in [0.3, 0.4) is 0 Å². The van der Waals surface area contributed by atoms with Gasteiger partial charge >= 0.3 is 0 Å². The topological polar surface area (TPSA) is 45.4 Å². The van der Waals surface area contributed by atoms with Gasteiger partial charge in [-0.2, -0.15) is 0 Å². The lowest BCUT2D eigenvalue weighted by Gasteiger charge is -2.19. The molecule has 0 aromatic carbocycles. The molecule has 2 rings (SSSR count). The number of nitrogens with one attached hydrogen (secondary N) is 1. The summed E-state index contributed by atoms with van der Waals surface area (Å²) in [6, 6.07) is 4.16. The van der Waals surface area contributed by atoms with Gasteiger partial charge in [0.2, 0.25) is 0 Å². The van der Waals surface area contributed by atoms with E-state index in [4.69, 9.17) is 4.42 Å². The van der Waals surface area contributed by atoms with E-state index in [1.807, 2.05) is 12.1 Å². The van der Waals surface area contributed by atoms with Crippen LogP contribution < -0.4 is 5.32 Å². The summed E-state index contributed by atoms with van der Waals surface area (Å²) in [4.78, 5) is 0. The largest absolute Gasteiger partial charge is 0.468 e. The van der Waals surface area contributed by atoms with Crippen molar-refractivity contribution in [2.24, 2.45) is 5.92 Å². The molecule has 0 saturated heterocycles. The van der Waals surface area contributed by atoms with Gasteiger partial charge in [0.05, 0.1) is 18.9 Å². The van der Waals surface area contributed by atoms with Crippen LogP contribution in [-0.2, 0) is 0 Å². The van der Waals surface area contributed by atoms with E-state index in [0.29, 0.717) is 6.04 Å². The van der Waals surface area contributed by atoms with Crippen LogP contribution in [0.1, 0.15) is 31.6 Å². The highest BCUT2D eigenvalue weighted by Crippen LogP contribution is 2.33. The lowest BCUT2D eigenvalue weighted by molar-refractivity contribution is 0.213. The average molecular weight is 195 g/mol. The maximum absolute atomic E-state index is 9.23. The van der Waals surface area contributed by atoms with E-state index in [1.165, 1.54) is 12.8 Å². The molecule has 2 unspecified atom stereocenters. The summed E-state index contributed by atoms with van der Waals surface area (Å²) in [6.45, 7) is 2.26. The Kier molecular flexibility index (Phi) is 2.89. The molecule has 0 spiro atoms. The summed E-state index contributed by atoms with van der Waals surface area (Å²) >= 11 is 0. The number of aliphatic hydroxyl groups is 1. The average Bonchev–Trinajstić information content (AvgIpc) is 2.91. The Morgan fingerprint density at radius 2 is 2.43 bits per heavy atom. The highest BCUT2D eigenvalue weighted by Gasteiger charge is 2.29. The summed E-state index contributed by atoms with van der Waals surface area (Å²) in [7, 11) is 0. The third kappa shape index (κ3) is 2.16. The number of rotatable bonds is 5. The molecule has 2 atom stereocenters. The van der Waals surface area contributed by atoms with Crippen molar-refractivity contribution < 1.29 is 9.52 Å². The van der Waals surface area contributed by atoms with Gasteiger partial charge in [-0.15, -0.1) is 0 Å². The standard InChI is InChI=1S/C11H17NO2/c1-8(9-4-5-9)12-10(7-13)11-3-2-6-14-11/h2-3,6,8-10,12-13H,4-5,7H2,1H3. The quantitative estimate of drug-likeness (QED) is 0.751. The first-order valence-corrected chi connectivity index (χ1v) is 5.21. The molecule has 1 aromatic rings. The minimum Gasteiger partial charge on any atom is -0.468 e. The maximum atomic E-state index is 9.23. The van der Waals surface area contributed by atoms with Crippen molar-refractivity contribution in [3.8, 4) is 0 Å². The van der Waals surface area contributed by atoms with E-state index in [0.717, 1.165) is 11.7 Å². The lowest BCUT2D eigenvalue weighted by atomic mass is 10.1. The van der Waals surface area contributed by atoms with Gasteiger partial charge in [0.15, 0.2) is 0 Å². The van der Waals surface area contributed by atoms with Crippen LogP contribution in [0.15, 0.2) is 22.8 Å². The fourth-order valence-electron chi connectivity index (χ4n) is 1.76. The smallest absolute Gasteiger partial charge is 0.123 e. The summed E-state index contributed by atoms with van der Waals surface area (Å²) in [5.41, 5.74) is 0. The first-order valence-electron chi connectivity index (χ1n) is 5.21. The summed E-state index contributed by atoms with van der Waals surface area (Å²) in [5, 5.41) is 12.6. The third-order valence-electron chi connectivity index (χ3n) is 2.86. The van der Waals surface area contributed by atoms with E-state index in [9.17, 15) is 5.11 Å². The molecule has 78 valence electrons. The van der Waals surface area contributed by atoms with Gasteiger partial charge in [-0.05, 0) is 37.8 Å². The van der Waals surface area contributed by atoms with Crippen LogP contribution in [0.25, 0.3) is 0 Å². The normalized spacial score (nSPS) is 20.7. The molecule has 0 bridgehead atoms. The second-order valence-electron chi connectivity index (χ2n) is 4.04. The second kappa shape index (κ2) is 4.15. The van der Waals surface area contributed by atoms with Gasteiger partial charge < -0.3 is 14.8 Å². The Morgan fingerprint density at radius 1 is 1.64 bits per heavy atom. The molecular weight excluding hydrogens is 178 g/mol. The lowest BCUT2D eigenvalue weighted by Crippen LogP contribution is -2.33. The molecular formula is C11H17NO2. The zero-order valence-corrected chi connectivity index (χ0v) is 8.44. The first-order chi connectivity index (χ1) is 6.81. The molecule has 3 heteroatoms. The number of hydrogen-bond acceptors (Lipinski definition) is 3. The Morgan fingerprint density at radius 3 is 2.93 bits per heavy atom. The van der Waals surface area contributed by atoms with E-state index in [2.05, 4.69) is 12.2 Å². The fourth-order valence-corrected chi connectivity index (χ4v) is 1.76. The minimum atomic E-state index is -0.0550. The summed E-state index contributed by atoms with van der Waals surface area (Å²) in [6.07, 6.45) is 4.26. The summed E-state index contributed by atoms with van der Waals surface area (Å²) in [5.74, 6) is 1.61. The Balaban J connectivity index is 1.92. The highest BCUT2D eigenvalue weighted by atomic mass is 16.3. The Bertz CT molecular complexity index is 267. The molecule has 0 aliphatic heterocycles. The van der Waals surface area contributed by atoms with Crippen molar-refractivity contribution in [3.63, 3.8) is 0 Å². The molecule has 1 heterocycles. The van der Waals surface area contributed by atoms with Crippen molar-refractivity contribution >= 4 is 0 Å². The third-order valence-corrected chi connectivity index (χ3v) is 2.86. The Labute approximate surface area is 84.1 Å². The van der Waals surface area contributed by atoms with Gasteiger partial charge in [-0.25, -0.2) is 0 Å². The van der Waals surface area contributed by atoms with Crippen LogP contribution in [0.2, 0.25) is 0 Å². The monoisotopic (exact) mass is 195 g/mol. The highest BCUT2D eigenvalue weighted by molar-refractivity contribution is 5.05. The molecule has 1 aromatic heterocycles. The van der Waals surface area contributed by atoms with Crippen molar-refractivity contribution in [3.05, 3.63) is 24.2 Å². The molecule has 0 amide bonds. The molecule has 1 fully saturated rings. The Hall–Kier alpha value is -0.800. The SMILES string of the molecule is CC(NC(CO)c1ccco1)C1CC1. The fraction of sp³-hybridized carbons (Fsp3) is 0.636. The van der Waals surface area contributed by atoms with Gasteiger partial charge in [0.1, 0.15) is 5.76 Å². The predicted octanol–water partition coefficient (Wildman–Crippen LogP) is 1.70. The predicted molar refractivity (Wildman–Crippen MR) is 53.9 cm³/mol. The van der Waals surface area contributed by atoms with E-state index >= 15 is 0 Å². The maximum Gasteiger partial charge on any atom is 0.123 e. The summed E-state index contributed by atoms with van der Waals surface area (Å²) < 4.78 is 5.27. The van der Waals surface area contributed by atoms with Gasteiger partial charge in [-0.1, -0.05) is 0 Å². The van der Waals surface area contributed by atoms with Gasteiger partial charge in [-0.3, -0.25) is 0 Å². The number of aliphatic hydroxyl groups excluding tert-OH is 1. The van der Waals surface area contributed by atoms with Crippen molar-refractivity contribution in [1.29, 1.82) is 0 Å². The van der Waals surface area contributed by atoms with Crippen molar-refractivity contribution in [1.82, 2.24) is 5.32 Å². The van der Waals surface area contributed by atoms with Crippen LogP contribution in [0.5, 0.6) is 0 Å². The van der Waals surface area contributed by atoms with Crippen LogP contribution >= 0.6 is 0 Å². The molecule has 0 radical (unpaired) electrons. The second-order valence-corrected chi connectivity index (χ2v) is 4.04. The number of furan rings is 1. The van der Waals surface area contributed by atoms with Gasteiger partial charge in [0, 0.05) is 6.04 Å². The van der Waals surface area contributed by atoms with E-state index in [-0.39, 0.29) is 12.6 Å².